The predicted octanol–water partition coefficient (Wildman–Crippen LogP) is 2.10. The van der Waals surface area contributed by atoms with Gasteiger partial charge in [-0.15, -0.1) is 0 Å². The van der Waals surface area contributed by atoms with Crippen molar-refractivity contribution in [3.63, 3.8) is 0 Å². The fourth-order valence-corrected chi connectivity index (χ4v) is 3.58. The van der Waals surface area contributed by atoms with E-state index in [0.29, 0.717) is 17.5 Å². The van der Waals surface area contributed by atoms with Crippen LogP contribution in [0, 0.1) is 0 Å². The smallest absolute Gasteiger partial charge is 0.336 e. The number of benzene rings is 2. The third-order valence-corrected chi connectivity index (χ3v) is 5.20. The molecule has 0 aromatic heterocycles. The molecule has 2 aromatic carbocycles. The molecule has 0 aliphatic carbocycles. The first-order chi connectivity index (χ1) is 11.4. The number of carboxylic acid groups (broad SMARTS) is 1. The van der Waals surface area contributed by atoms with E-state index in [-0.39, 0.29) is 17.1 Å². The van der Waals surface area contributed by atoms with Gasteiger partial charge in [-0.05, 0) is 35.7 Å². The maximum Gasteiger partial charge on any atom is 0.336 e. The van der Waals surface area contributed by atoms with Gasteiger partial charge in [0.25, 0.3) is 0 Å². The van der Waals surface area contributed by atoms with E-state index in [0.717, 1.165) is 0 Å². The standard InChI is InChI=1S/C17H19NO5S/c1-2-13(11-19)18-24(22,23)14-9-7-12(8-10-14)15-5-3-4-6-16(15)17(20)21/h3-10,13,18-19H,2,11H2,1H3,(H,20,21). The summed E-state index contributed by atoms with van der Waals surface area (Å²) in [6.45, 7) is 1.50. The molecule has 0 spiro atoms. The largest absolute Gasteiger partial charge is 0.478 e. The molecular weight excluding hydrogens is 330 g/mol. The van der Waals surface area contributed by atoms with Gasteiger partial charge in [-0.3, -0.25) is 0 Å². The van der Waals surface area contributed by atoms with E-state index < -0.39 is 22.0 Å². The molecule has 0 fully saturated rings. The van der Waals surface area contributed by atoms with Crippen LogP contribution >= 0.6 is 0 Å². The fraction of sp³-hybridized carbons (Fsp3) is 0.235. The minimum absolute atomic E-state index is 0.0611. The van der Waals surface area contributed by atoms with Crippen LogP contribution < -0.4 is 4.72 Å². The summed E-state index contributed by atoms with van der Waals surface area (Å²) >= 11 is 0. The molecule has 0 heterocycles. The zero-order valence-corrected chi connectivity index (χ0v) is 14.0. The second-order valence-corrected chi connectivity index (χ2v) is 7.00. The molecule has 2 aromatic rings. The van der Waals surface area contributed by atoms with Crippen LogP contribution in [0.5, 0.6) is 0 Å². The average molecular weight is 349 g/mol. The Hall–Kier alpha value is -2.22. The van der Waals surface area contributed by atoms with E-state index in [1.54, 1.807) is 37.3 Å². The second-order valence-electron chi connectivity index (χ2n) is 5.28. The van der Waals surface area contributed by atoms with Crippen molar-refractivity contribution < 1.29 is 23.4 Å². The van der Waals surface area contributed by atoms with Gasteiger partial charge in [-0.2, -0.15) is 0 Å². The zero-order chi connectivity index (χ0) is 17.7. The molecule has 0 aliphatic rings. The second kappa shape index (κ2) is 7.57. The molecule has 6 nitrogen and oxygen atoms in total. The Morgan fingerprint density at radius 1 is 1.12 bits per heavy atom. The first-order valence-corrected chi connectivity index (χ1v) is 8.93. The summed E-state index contributed by atoms with van der Waals surface area (Å²) in [6.07, 6.45) is 0.472. The Kier molecular flexibility index (Phi) is 5.71. The molecule has 128 valence electrons. The summed E-state index contributed by atoms with van der Waals surface area (Å²) in [6, 6.07) is 12.0. The number of aliphatic hydroxyl groups excluding tert-OH is 1. The molecule has 7 heteroatoms. The van der Waals surface area contributed by atoms with Gasteiger partial charge in [0.05, 0.1) is 17.1 Å². The van der Waals surface area contributed by atoms with Gasteiger partial charge >= 0.3 is 5.97 Å². The third kappa shape index (κ3) is 4.00. The maximum absolute atomic E-state index is 12.3. The molecule has 0 amide bonds. The number of aliphatic hydroxyl groups is 1. The molecule has 3 N–H and O–H groups in total. The molecule has 0 saturated heterocycles. The fourth-order valence-electron chi connectivity index (χ4n) is 2.27. The highest BCUT2D eigenvalue weighted by molar-refractivity contribution is 7.89. The molecule has 1 unspecified atom stereocenters. The highest BCUT2D eigenvalue weighted by Gasteiger charge is 2.19. The number of hydrogen-bond acceptors (Lipinski definition) is 4. The van der Waals surface area contributed by atoms with Crippen molar-refractivity contribution in [3.05, 3.63) is 54.1 Å². The van der Waals surface area contributed by atoms with Crippen LogP contribution in [0.25, 0.3) is 11.1 Å². The van der Waals surface area contributed by atoms with Crippen molar-refractivity contribution in [3.8, 4) is 11.1 Å². The molecule has 0 radical (unpaired) electrons. The summed E-state index contributed by atoms with van der Waals surface area (Å²) < 4.78 is 27.0. The van der Waals surface area contributed by atoms with Crippen LogP contribution in [0.4, 0.5) is 0 Å². The lowest BCUT2D eigenvalue weighted by Gasteiger charge is -2.14. The monoisotopic (exact) mass is 349 g/mol. The molecule has 0 bridgehead atoms. The number of aromatic carboxylic acids is 1. The molecule has 1 atom stereocenters. The number of rotatable bonds is 7. The molecule has 2 rings (SSSR count). The Morgan fingerprint density at radius 3 is 2.29 bits per heavy atom. The van der Waals surface area contributed by atoms with E-state index >= 15 is 0 Å². The van der Waals surface area contributed by atoms with Crippen LogP contribution in [0.15, 0.2) is 53.4 Å². The van der Waals surface area contributed by atoms with E-state index in [1.165, 1.54) is 18.2 Å². The van der Waals surface area contributed by atoms with E-state index in [2.05, 4.69) is 4.72 Å². The minimum atomic E-state index is -3.74. The highest BCUT2D eigenvalue weighted by atomic mass is 32.2. The Labute approximate surface area is 140 Å². The lowest BCUT2D eigenvalue weighted by Crippen LogP contribution is -2.36. The third-order valence-electron chi connectivity index (χ3n) is 3.67. The lowest BCUT2D eigenvalue weighted by molar-refractivity contribution is 0.0697. The maximum atomic E-state index is 12.3. The van der Waals surface area contributed by atoms with Crippen LogP contribution in [0.1, 0.15) is 23.7 Å². The van der Waals surface area contributed by atoms with E-state index in [4.69, 9.17) is 5.11 Å². The predicted molar refractivity (Wildman–Crippen MR) is 90.3 cm³/mol. The summed E-state index contributed by atoms with van der Waals surface area (Å²) in [5.41, 5.74) is 1.28. The number of carbonyl (C=O) groups is 1. The van der Waals surface area contributed by atoms with Crippen LogP contribution in [-0.2, 0) is 10.0 Å². The summed E-state index contributed by atoms with van der Waals surface area (Å²) in [5.74, 6) is -1.04. The average Bonchev–Trinajstić information content (AvgIpc) is 2.59. The Morgan fingerprint density at radius 2 is 1.75 bits per heavy atom. The van der Waals surface area contributed by atoms with Crippen molar-refractivity contribution in [1.29, 1.82) is 0 Å². The normalized spacial score (nSPS) is 12.8. The quantitative estimate of drug-likeness (QED) is 0.710. The molecule has 0 aliphatic heterocycles. The van der Waals surface area contributed by atoms with Crippen molar-refractivity contribution in [2.45, 2.75) is 24.3 Å². The SMILES string of the molecule is CCC(CO)NS(=O)(=O)c1ccc(-c2ccccc2C(=O)O)cc1. The van der Waals surface area contributed by atoms with Gasteiger partial charge in [0.1, 0.15) is 0 Å². The van der Waals surface area contributed by atoms with Gasteiger partial charge in [-0.25, -0.2) is 17.9 Å². The van der Waals surface area contributed by atoms with Crippen LogP contribution in [0.2, 0.25) is 0 Å². The van der Waals surface area contributed by atoms with E-state index in [1.807, 2.05) is 0 Å². The van der Waals surface area contributed by atoms with Crippen LogP contribution in [0.3, 0.4) is 0 Å². The highest BCUT2D eigenvalue weighted by Crippen LogP contribution is 2.25. The van der Waals surface area contributed by atoms with Gasteiger partial charge in [0.15, 0.2) is 0 Å². The van der Waals surface area contributed by atoms with Gasteiger partial charge in [-0.1, -0.05) is 37.3 Å². The summed E-state index contributed by atoms with van der Waals surface area (Å²) in [7, 11) is -3.74. The Bertz CT molecular complexity index is 811. The number of hydrogen-bond donors (Lipinski definition) is 3. The lowest BCUT2D eigenvalue weighted by atomic mass is 10.00. The minimum Gasteiger partial charge on any atom is -0.478 e. The van der Waals surface area contributed by atoms with Crippen molar-refractivity contribution in [2.24, 2.45) is 0 Å². The first kappa shape index (κ1) is 18.1. The van der Waals surface area contributed by atoms with Crippen molar-refractivity contribution in [1.82, 2.24) is 4.72 Å². The summed E-state index contributed by atoms with van der Waals surface area (Å²) in [5, 5.41) is 18.4. The molecule has 24 heavy (non-hydrogen) atoms. The van der Waals surface area contributed by atoms with Crippen molar-refractivity contribution >= 4 is 16.0 Å². The summed E-state index contributed by atoms with van der Waals surface area (Å²) in [4.78, 5) is 11.3. The topological polar surface area (TPSA) is 104 Å². The zero-order valence-electron chi connectivity index (χ0n) is 13.1. The van der Waals surface area contributed by atoms with Gasteiger partial charge in [0, 0.05) is 6.04 Å². The van der Waals surface area contributed by atoms with Gasteiger partial charge in [0.2, 0.25) is 10.0 Å². The van der Waals surface area contributed by atoms with E-state index in [9.17, 15) is 18.3 Å². The molecule has 0 saturated carbocycles. The van der Waals surface area contributed by atoms with Gasteiger partial charge < -0.3 is 10.2 Å². The molecular formula is C17H19NO5S. The number of carboxylic acids is 1. The number of sulfonamides is 1. The first-order valence-electron chi connectivity index (χ1n) is 7.45. The Balaban J connectivity index is 2.33. The number of nitrogens with one attached hydrogen (secondary N) is 1. The van der Waals surface area contributed by atoms with Crippen molar-refractivity contribution in [2.75, 3.05) is 6.61 Å². The van der Waals surface area contributed by atoms with Crippen LogP contribution in [-0.4, -0.2) is 37.2 Å².